The van der Waals surface area contributed by atoms with E-state index in [4.69, 9.17) is 0 Å². The standard InChI is InChI=1S/C13H20O2/c1-2-12-4-9-3-10(5-12)7-13(6-9,8-12)11(14)15/h9-10H,2-8H2,1H3,(H,14,15)/t9-,10+,12?,13?. The zero-order chi connectivity index (χ0) is 10.7. The van der Waals surface area contributed by atoms with Gasteiger partial charge in [-0.05, 0) is 55.8 Å². The van der Waals surface area contributed by atoms with E-state index in [2.05, 4.69) is 6.92 Å². The van der Waals surface area contributed by atoms with Gasteiger partial charge in [0, 0.05) is 0 Å². The van der Waals surface area contributed by atoms with E-state index in [1.807, 2.05) is 0 Å². The summed E-state index contributed by atoms with van der Waals surface area (Å²) in [6.07, 6.45) is 8.05. The molecule has 4 atom stereocenters. The van der Waals surface area contributed by atoms with Crippen LogP contribution in [-0.4, -0.2) is 11.1 Å². The predicted octanol–water partition coefficient (Wildman–Crippen LogP) is 3.07. The van der Waals surface area contributed by atoms with Crippen molar-refractivity contribution in [2.75, 3.05) is 0 Å². The molecule has 2 heteroatoms. The molecule has 0 amide bonds. The first-order valence-corrected chi connectivity index (χ1v) is 6.31. The highest BCUT2D eigenvalue weighted by Gasteiger charge is 2.59. The number of aliphatic carboxylic acids is 1. The topological polar surface area (TPSA) is 37.3 Å². The molecule has 0 spiro atoms. The van der Waals surface area contributed by atoms with Crippen LogP contribution in [0.4, 0.5) is 0 Å². The van der Waals surface area contributed by atoms with Crippen LogP contribution in [-0.2, 0) is 4.79 Å². The molecule has 2 unspecified atom stereocenters. The normalized spacial score (nSPS) is 52.1. The molecular weight excluding hydrogens is 188 g/mol. The fourth-order valence-corrected chi connectivity index (χ4v) is 5.12. The van der Waals surface area contributed by atoms with Crippen molar-refractivity contribution in [1.29, 1.82) is 0 Å². The molecule has 15 heavy (non-hydrogen) atoms. The van der Waals surface area contributed by atoms with E-state index in [9.17, 15) is 9.90 Å². The molecule has 1 N–H and O–H groups in total. The minimum absolute atomic E-state index is 0.319. The highest BCUT2D eigenvalue weighted by Crippen LogP contribution is 2.66. The lowest BCUT2D eigenvalue weighted by molar-refractivity contribution is -0.175. The lowest BCUT2D eigenvalue weighted by Crippen LogP contribution is -2.54. The smallest absolute Gasteiger partial charge is 0.309 e. The SMILES string of the molecule is CCC12C[C@H]3C[C@@H](C1)CC(C(=O)O)(C3)C2. The van der Waals surface area contributed by atoms with Gasteiger partial charge in [0.1, 0.15) is 0 Å². The van der Waals surface area contributed by atoms with Gasteiger partial charge in [-0.15, -0.1) is 0 Å². The average molecular weight is 208 g/mol. The third-order valence-corrected chi connectivity index (χ3v) is 5.39. The van der Waals surface area contributed by atoms with Crippen LogP contribution in [0.3, 0.4) is 0 Å². The Labute approximate surface area is 91.1 Å². The van der Waals surface area contributed by atoms with Gasteiger partial charge >= 0.3 is 5.97 Å². The lowest BCUT2D eigenvalue weighted by atomic mass is 9.43. The molecule has 4 fully saturated rings. The maximum atomic E-state index is 11.5. The van der Waals surface area contributed by atoms with E-state index >= 15 is 0 Å². The first kappa shape index (κ1) is 9.68. The Balaban J connectivity index is 1.99. The van der Waals surface area contributed by atoms with Crippen molar-refractivity contribution in [2.24, 2.45) is 22.7 Å². The van der Waals surface area contributed by atoms with Gasteiger partial charge in [0.25, 0.3) is 0 Å². The second-order valence-corrected chi connectivity index (χ2v) is 6.40. The van der Waals surface area contributed by atoms with Gasteiger partial charge in [-0.25, -0.2) is 0 Å². The molecule has 4 saturated carbocycles. The van der Waals surface area contributed by atoms with Gasteiger partial charge in [-0.3, -0.25) is 4.79 Å². The number of carbonyl (C=O) groups is 1. The minimum atomic E-state index is -0.505. The fraction of sp³-hybridized carbons (Fsp3) is 0.923. The Morgan fingerprint density at radius 3 is 2.33 bits per heavy atom. The Bertz CT molecular complexity index is 294. The van der Waals surface area contributed by atoms with Crippen LogP contribution in [0.25, 0.3) is 0 Å². The lowest BCUT2D eigenvalue weighted by Gasteiger charge is -2.60. The number of rotatable bonds is 2. The molecule has 4 rings (SSSR count). The Morgan fingerprint density at radius 1 is 1.27 bits per heavy atom. The molecule has 84 valence electrons. The van der Waals surface area contributed by atoms with E-state index in [1.165, 1.54) is 25.7 Å². The van der Waals surface area contributed by atoms with Gasteiger partial charge in [0.05, 0.1) is 5.41 Å². The zero-order valence-corrected chi connectivity index (χ0v) is 9.46. The van der Waals surface area contributed by atoms with E-state index in [0.717, 1.165) is 31.1 Å². The largest absolute Gasteiger partial charge is 0.481 e. The average Bonchev–Trinajstić information content (AvgIpc) is 2.15. The summed E-state index contributed by atoms with van der Waals surface area (Å²) in [6.45, 7) is 2.25. The molecule has 2 nitrogen and oxygen atoms in total. The number of hydrogen-bond acceptors (Lipinski definition) is 1. The van der Waals surface area contributed by atoms with E-state index in [-0.39, 0.29) is 5.41 Å². The molecule has 4 bridgehead atoms. The molecule has 0 aromatic carbocycles. The summed E-state index contributed by atoms with van der Waals surface area (Å²) in [5.41, 5.74) is 0.0859. The Morgan fingerprint density at radius 2 is 1.87 bits per heavy atom. The zero-order valence-electron chi connectivity index (χ0n) is 9.46. The number of carboxylic acids is 1. The molecule has 0 aromatic rings. The van der Waals surface area contributed by atoms with Crippen molar-refractivity contribution in [1.82, 2.24) is 0 Å². The van der Waals surface area contributed by atoms with Crippen molar-refractivity contribution in [3.8, 4) is 0 Å². The van der Waals surface area contributed by atoms with E-state index < -0.39 is 5.97 Å². The molecule has 4 aliphatic rings. The Hall–Kier alpha value is -0.530. The monoisotopic (exact) mass is 208 g/mol. The molecule has 0 heterocycles. The van der Waals surface area contributed by atoms with E-state index in [0.29, 0.717) is 5.41 Å². The van der Waals surface area contributed by atoms with Crippen molar-refractivity contribution in [3.05, 3.63) is 0 Å². The molecule has 0 radical (unpaired) electrons. The summed E-state index contributed by atoms with van der Waals surface area (Å²) < 4.78 is 0. The van der Waals surface area contributed by atoms with Crippen LogP contribution < -0.4 is 0 Å². The first-order valence-electron chi connectivity index (χ1n) is 6.31. The molecule has 0 aliphatic heterocycles. The summed E-state index contributed by atoms with van der Waals surface area (Å²) in [6, 6.07) is 0. The van der Waals surface area contributed by atoms with Gasteiger partial charge in [0.15, 0.2) is 0 Å². The highest BCUT2D eigenvalue weighted by atomic mass is 16.4. The Kier molecular flexibility index (Phi) is 1.79. The van der Waals surface area contributed by atoms with E-state index in [1.54, 1.807) is 0 Å². The predicted molar refractivity (Wildman–Crippen MR) is 57.5 cm³/mol. The van der Waals surface area contributed by atoms with Gasteiger partial charge < -0.3 is 5.11 Å². The summed E-state index contributed by atoms with van der Waals surface area (Å²) >= 11 is 0. The second kappa shape index (κ2) is 2.78. The minimum Gasteiger partial charge on any atom is -0.481 e. The van der Waals surface area contributed by atoms with Gasteiger partial charge in [0.2, 0.25) is 0 Å². The summed E-state index contributed by atoms with van der Waals surface area (Å²) in [7, 11) is 0. The van der Waals surface area contributed by atoms with Crippen LogP contribution in [0, 0.1) is 22.7 Å². The van der Waals surface area contributed by atoms with Gasteiger partial charge in [-0.2, -0.15) is 0 Å². The molecule has 4 aliphatic carbocycles. The van der Waals surface area contributed by atoms with Crippen LogP contribution in [0.1, 0.15) is 51.9 Å². The van der Waals surface area contributed by atoms with Crippen molar-refractivity contribution < 1.29 is 9.90 Å². The van der Waals surface area contributed by atoms with Crippen molar-refractivity contribution in [2.45, 2.75) is 51.9 Å². The van der Waals surface area contributed by atoms with Gasteiger partial charge in [-0.1, -0.05) is 13.3 Å². The van der Waals surface area contributed by atoms with Crippen LogP contribution in [0.15, 0.2) is 0 Å². The molecular formula is C13H20O2. The second-order valence-electron chi connectivity index (χ2n) is 6.40. The molecule has 0 saturated heterocycles. The third-order valence-electron chi connectivity index (χ3n) is 5.39. The highest BCUT2D eigenvalue weighted by molar-refractivity contribution is 5.75. The van der Waals surface area contributed by atoms with Crippen LogP contribution in [0.5, 0.6) is 0 Å². The molecule has 0 aromatic heterocycles. The number of carboxylic acid groups (broad SMARTS) is 1. The summed E-state index contributed by atoms with van der Waals surface area (Å²) in [4.78, 5) is 11.5. The van der Waals surface area contributed by atoms with Crippen molar-refractivity contribution >= 4 is 5.97 Å². The fourth-order valence-electron chi connectivity index (χ4n) is 5.12. The van der Waals surface area contributed by atoms with Crippen LogP contribution >= 0.6 is 0 Å². The number of hydrogen-bond donors (Lipinski definition) is 1. The maximum Gasteiger partial charge on any atom is 0.309 e. The first-order chi connectivity index (χ1) is 7.07. The van der Waals surface area contributed by atoms with Crippen LogP contribution in [0.2, 0.25) is 0 Å². The summed E-state index contributed by atoms with van der Waals surface area (Å²) in [5.74, 6) is 0.944. The summed E-state index contributed by atoms with van der Waals surface area (Å²) in [5, 5.41) is 9.49. The quantitative estimate of drug-likeness (QED) is 0.757. The third kappa shape index (κ3) is 1.20. The maximum absolute atomic E-state index is 11.5. The van der Waals surface area contributed by atoms with Crippen molar-refractivity contribution in [3.63, 3.8) is 0 Å².